The summed E-state index contributed by atoms with van der Waals surface area (Å²) in [7, 11) is 0. The first-order valence-electron chi connectivity index (χ1n) is 9.21. The molecule has 7 heteroatoms. The fourth-order valence-corrected chi connectivity index (χ4v) is 3.32. The highest BCUT2D eigenvalue weighted by atomic mass is 19.1. The van der Waals surface area contributed by atoms with E-state index in [9.17, 15) is 14.0 Å². The number of nitrogens with zero attached hydrogens (tertiary/aromatic N) is 1. The molecule has 0 aliphatic carbocycles. The standard InChI is InChI=1S/C21H24FN3O3/c1-13(2)20(14-7-9-15(22)10-8-14)24-11-19(26)25-12-18(21(23)27)28-17-6-4-3-5-16(17)25/h3-10,13,18,20,24H,11-12H2,1-2H3,(H2,23,27). The lowest BCUT2D eigenvalue weighted by Crippen LogP contribution is -2.51. The molecule has 2 unspecified atom stereocenters. The van der Waals surface area contributed by atoms with Crippen LogP contribution in [0.3, 0.4) is 0 Å². The van der Waals surface area contributed by atoms with Gasteiger partial charge >= 0.3 is 0 Å². The van der Waals surface area contributed by atoms with Crippen LogP contribution in [0.4, 0.5) is 10.1 Å². The first kappa shape index (κ1) is 19.8. The van der Waals surface area contributed by atoms with Crippen molar-refractivity contribution in [3.63, 3.8) is 0 Å². The van der Waals surface area contributed by atoms with Crippen molar-refractivity contribution >= 4 is 17.5 Å². The minimum Gasteiger partial charge on any atom is -0.477 e. The summed E-state index contributed by atoms with van der Waals surface area (Å²) >= 11 is 0. The Hall–Kier alpha value is -2.93. The maximum Gasteiger partial charge on any atom is 0.260 e. The monoisotopic (exact) mass is 385 g/mol. The number of hydrogen-bond acceptors (Lipinski definition) is 4. The number of carbonyl (C=O) groups excluding carboxylic acids is 2. The molecule has 0 radical (unpaired) electrons. The first-order valence-corrected chi connectivity index (χ1v) is 9.21. The van der Waals surface area contributed by atoms with Crippen LogP contribution in [0.5, 0.6) is 5.75 Å². The van der Waals surface area contributed by atoms with Crippen LogP contribution < -0.4 is 20.7 Å². The van der Waals surface area contributed by atoms with E-state index in [0.29, 0.717) is 11.4 Å². The van der Waals surface area contributed by atoms with E-state index in [0.717, 1.165) is 5.56 Å². The van der Waals surface area contributed by atoms with Gasteiger partial charge in [0.05, 0.1) is 18.8 Å². The second-order valence-corrected chi connectivity index (χ2v) is 7.14. The van der Waals surface area contributed by atoms with Crippen molar-refractivity contribution in [3.8, 4) is 5.75 Å². The fourth-order valence-electron chi connectivity index (χ4n) is 3.32. The lowest BCUT2D eigenvalue weighted by atomic mass is 9.96. The van der Waals surface area contributed by atoms with Gasteiger partial charge in [-0.2, -0.15) is 0 Å². The van der Waals surface area contributed by atoms with E-state index in [2.05, 4.69) is 5.32 Å². The summed E-state index contributed by atoms with van der Waals surface area (Å²) in [6.45, 7) is 4.17. The molecule has 2 amide bonds. The Kier molecular flexibility index (Phi) is 5.94. The van der Waals surface area contributed by atoms with Crippen LogP contribution in [-0.4, -0.2) is 31.0 Å². The second-order valence-electron chi connectivity index (χ2n) is 7.14. The maximum atomic E-state index is 13.2. The number of para-hydroxylation sites is 2. The molecular formula is C21H24FN3O3. The summed E-state index contributed by atoms with van der Waals surface area (Å²) in [5.41, 5.74) is 6.90. The molecule has 2 atom stereocenters. The second kappa shape index (κ2) is 8.39. The van der Waals surface area contributed by atoms with Crippen LogP contribution in [0, 0.1) is 11.7 Å². The number of carbonyl (C=O) groups is 2. The molecule has 2 aromatic rings. The molecular weight excluding hydrogens is 361 g/mol. The molecule has 1 aliphatic rings. The van der Waals surface area contributed by atoms with Gasteiger partial charge in [0.25, 0.3) is 5.91 Å². The van der Waals surface area contributed by atoms with Crippen molar-refractivity contribution in [2.75, 3.05) is 18.0 Å². The van der Waals surface area contributed by atoms with E-state index in [1.54, 1.807) is 36.4 Å². The van der Waals surface area contributed by atoms with Gasteiger partial charge in [0.15, 0.2) is 6.10 Å². The van der Waals surface area contributed by atoms with Gasteiger partial charge < -0.3 is 20.7 Å². The maximum absolute atomic E-state index is 13.2. The number of fused-ring (bicyclic) bond motifs is 1. The van der Waals surface area contributed by atoms with Gasteiger partial charge in [0, 0.05) is 6.04 Å². The third-order valence-corrected chi connectivity index (χ3v) is 4.76. The molecule has 6 nitrogen and oxygen atoms in total. The number of rotatable bonds is 6. The van der Waals surface area contributed by atoms with Crippen molar-refractivity contribution < 1.29 is 18.7 Å². The number of hydrogen-bond donors (Lipinski definition) is 2. The normalized spacial score (nSPS) is 17.0. The Balaban J connectivity index is 1.75. The van der Waals surface area contributed by atoms with E-state index in [1.807, 2.05) is 13.8 Å². The summed E-state index contributed by atoms with van der Waals surface area (Å²) < 4.78 is 18.8. The van der Waals surface area contributed by atoms with Gasteiger partial charge in [-0.3, -0.25) is 9.59 Å². The van der Waals surface area contributed by atoms with Crippen molar-refractivity contribution in [2.24, 2.45) is 11.7 Å². The Morgan fingerprint density at radius 1 is 1.21 bits per heavy atom. The van der Waals surface area contributed by atoms with Gasteiger partial charge in [-0.1, -0.05) is 38.1 Å². The zero-order valence-electron chi connectivity index (χ0n) is 15.9. The predicted octanol–water partition coefficient (Wildman–Crippen LogP) is 2.39. The Bertz CT molecular complexity index is 854. The Morgan fingerprint density at radius 3 is 2.54 bits per heavy atom. The molecule has 1 heterocycles. The number of nitrogens with two attached hydrogens (primary N) is 1. The molecule has 3 N–H and O–H groups in total. The quantitative estimate of drug-likeness (QED) is 0.800. The van der Waals surface area contributed by atoms with Gasteiger partial charge in [0.1, 0.15) is 11.6 Å². The minimum absolute atomic E-state index is 0.0556. The smallest absolute Gasteiger partial charge is 0.260 e. The zero-order chi connectivity index (χ0) is 20.3. The van der Waals surface area contributed by atoms with Gasteiger partial charge in [-0.05, 0) is 35.7 Å². The highest BCUT2D eigenvalue weighted by Crippen LogP contribution is 2.33. The Labute approximate surface area is 163 Å². The van der Waals surface area contributed by atoms with Crippen LogP contribution in [0.2, 0.25) is 0 Å². The molecule has 2 aromatic carbocycles. The number of anilines is 1. The average molecular weight is 385 g/mol. The molecule has 0 fully saturated rings. The number of benzene rings is 2. The number of primary amides is 1. The van der Waals surface area contributed by atoms with Crippen LogP contribution in [0.15, 0.2) is 48.5 Å². The van der Waals surface area contributed by atoms with Crippen molar-refractivity contribution in [2.45, 2.75) is 26.0 Å². The van der Waals surface area contributed by atoms with E-state index in [1.165, 1.54) is 17.0 Å². The molecule has 0 spiro atoms. The van der Waals surface area contributed by atoms with E-state index in [-0.39, 0.29) is 36.8 Å². The molecule has 3 rings (SSSR count). The van der Waals surface area contributed by atoms with Crippen molar-refractivity contribution in [1.29, 1.82) is 0 Å². The molecule has 0 saturated heterocycles. The van der Waals surface area contributed by atoms with Crippen LogP contribution in [-0.2, 0) is 9.59 Å². The average Bonchev–Trinajstić information content (AvgIpc) is 2.68. The zero-order valence-corrected chi connectivity index (χ0v) is 15.9. The third kappa shape index (κ3) is 4.31. The highest BCUT2D eigenvalue weighted by Gasteiger charge is 2.32. The fraction of sp³-hybridized carbons (Fsp3) is 0.333. The van der Waals surface area contributed by atoms with E-state index in [4.69, 9.17) is 10.5 Å². The molecule has 28 heavy (non-hydrogen) atoms. The number of nitrogens with one attached hydrogen (secondary N) is 1. The van der Waals surface area contributed by atoms with Crippen LogP contribution >= 0.6 is 0 Å². The summed E-state index contributed by atoms with van der Waals surface area (Å²) in [6.07, 6.45) is -0.892. The van der Waals surface area contributed by atoms with Gasteiger partial charge in [-0.25, -0.2) is 4.39 Å². The molecule has 148 valence electrons. The topological polar surface area (TPSA) is 84.7 Å². The largest absolute Gasteiger partial charge is 0.477 e. The summed E-state index contributed by atoms with van der Waals surface area (Å²) in [5.74, 6) is -0.482. The minimum atomic E-state index is -0.892. The molecule has 0 aromatic heterocycles. The number of amides is 2. The molecule has 1 aliphatic heterocycles. The van der Waals surface area contributed by atoms with E-state index < -0.39 is 12.0 Å². The molecule has 0 saturated carbocycles. The summed E-state index contributed by atoms with van der Waals surface area (Å²) in [4.78, 5) is 26.1. The number of ether oxygens (including phenoxy) is 1. The highest BCUT2D eigenvalue weighted by molar-refractivity contribution is 5.98. The SMILES string of the molecule is CC(C)C(NCC(=O)N1CC(C(N)=O)Oc2ccccc21)c1ccc(F)cc1. The third-order valence-electron chi connectivity index (χ3n) is 4.76. The Morgan fingerprint density at radius 2 is 1.89 bits per heavy atom. The number of halogens is 1. The van der Waals surface area contributed by atoms with Crippen molar-refractivity contribution in [3.05, 3.63) is 59.9 Å². The van der Waals surface area contributed by atoms with E-state index >= 15 is 0 Å². The van der Waals surface area contributed by atoms with Crippen LogP contribution in [0.25, 0.3) is 0 Å². The lowest BCUT2D eigenvalue weighted by molar-refractivity contribution is -0.125. The van der Waals surface area contributed by atoms with Crippen LogP contribution in [0.1, 0.15) is 25.5 Å². The lowest BCUT2D eigenvalue weighted by Gasteiger charge is -2.34. The van der Waals surface area contributed by atoms with Gasteiger partial charge in [-0.15, -0.1) is 0 Å². The summed E-state index contributed by atoms with van der Waals surface area (Å²) in [5, 5.41) is 3.26. The summed E-state index contributed by atoms with van der Waals surface area (Å²) in [6, 6.07) is 13.2. The van der Waals surface area contributed by atoms with Crippen molar-refractivity contribution in [1.82, 2.24) is 5.32 Å². The van der Waals surface area contributed by atoms with Gasteiger partial charge in [0.2, 0.25) is 5.91 Å². The first-order chi connectivity index (χ1) is 13.4. The molecule has 0 bridgehead atoms. The predicted molar refractivity (Wildman–Crippen MR) is 104 cm³/mol.